The number of benzene rings is 1. The highest BCUT2D eigenvalue weighted by atomic mass is 32.2. The van der Waals surface area contributed by atoms with Gasteiger partial charge in [-0.25, -0.2) is 0 Å². The number of piperazine rings is 1. The van der Waals surface area contributed by atoms with Gasteiger partial charge in [-0.2, -0.15) is 0 Å². The van der Waals surface area contributed by atoms with Gasteiger partial charge in [0.05, 0.1) is 5.25 Å². The third-order valence-corrected chi connectivity index (χ3v) is 8.45. The molecular formula is C21H30N4OS3. The lowest BCUT2D eigenvalue weighted by atomic mass is 10.0. The van der Waals surface area contributed by atoms with Crippen molar-refractivity contribution in [3.63, 3.8) is 0 Å². The van der Waals surface area contributed by atoms with Gasteiger partial charge < -0.3 is 9.80 Å². The monoisotopic (exact) mass is 450 g/mol. The van der Waals surface area contributed by atoms with Gasteiger partial charge in [-0.05, 0) is 30.5 Å². The highest BCUT2D eigenvalue weighted by Gasteiger charge is 2.26. The summed E-state index contributed by atoms with van der Waals surface area (Å²) in [5, 5.41) is 8.47. The minimum absolute atomic E-state index is 0.127. The lowest BCUT2D eigenvalue weighted by molar-refractivity contribution is -0.132. The number of carbonyl (C=O) groups is 1. The third-order valence-electron chi connectivity index (χ3n) is 5.15. The summed E-state index contributed by atoms with van der Waals surface area (Å²) in [5.41, 5.74) is 2.65. The molecule has 0 spiro atoms. The van der Waals surface area contributed by atoms with E-state index in [1.165, 1.54) is 22.9 Å². The van der Waals surface area contributed by atoms with Crippen molar-refractivity contribution >= 4 is 40.8 Å². The third kappa shape index (κ3) is 6.44. The summed E-state index contributed by atoms with van der Waals surface area (Å²) in [4.78, 5) is 17.1. The fourth-order valence-corrected chi connectivity index (χ4v) is 6.39. The highest BCUT2D eigenvalue weighted by Crippen LogP contribution is 2.33. The van der Waals surface area contributed by atoms with E-state index in [1.807, 2.05) is 11.8 Å². The van der Waals surface area contributed by atoms with Gasteiger partial charge in [-0.1, -0.05) is 79.9 Å². The van der Waals surface area contributed by atoms with Gasteiger partial charge in [-0.15, -0.1) is 10.2 Å². The Balaban J connectivity index is 1.47. The number of thioether (sulfide) groups is 2. The van der Waals surface area contributed by atoms with Crippen LogP contribution in [0.1, 0.15) is 44.7 Å². The van der Waals surface area contributed by atoms with Crippen LogP contribution in [0, 0.1) is 0 Å². The van der Waals surface area contributed by atoms with E-state index in [9.17, 15) is 4.79 Å². The SMILES string of the molecule is CCN1CCN(C(=O)C(C)Sc2nnc(SCc3ccc(C(C)C)cc3)s2)CC1. The molecule has 1 unspecified atom stereocenters. The van der Waals surface area contributed by atoms with Gasteiger partial charge in [-0.3, -0.25) is 4.79 Å². The Labute approximate surface area is 186 Å². The predicted molar refractivity (Wildman–Crippen MR) is 124 cm³/mol. The van der Waals surface area contributed by atoms with Crippen molar-refractivity contribution in [1.82, 2.24) is 20.0 Å². The van der Waals surface area contributed by atoms with Crippen LogP contribution in [0.25, 0.3) is 0 Å². The van der Waals surface area contributed by atoms with Crippen molar-refractivity contribution in [2.45, 2.75) is 53.3 Å². The van der Waals surface area contributed by atoms with Gasteiger partial charge in [0.1, 0.15) is 0 Å². The molecule has 158 valence electrons. The van der Waals surface area contributed by atoms with Crippen molar-refractivity contribution < 1.29 is 4.79 Å². The molecule has 2 aromatic rings. The van der Waals surface area contributed by atoms with Crippen LogP contribution in [0.5, 0.6) is 0 Å². The second kappa shape index (κ2) is 10.8. The summed E-state index contributed by atoms with van der Waals surface area (Å²) >= 11 is 4.81. The van der Waals surface area contributed by atoms with Crippen molar-refractivity contribution in [3.8, 4) is 0 Å². The van der Waals surface area contributed by atoms with E-state index in [0.29, 0.717) is 5.92 Å². The Bertz CT molecular complexity index is 785. The zero-order valence-electron chi connectivity index (χ0n) is 17.6. The summed E-state index contributed by atoms with van der Waals surface area (Å²) in [6.45, 7) is 13.2. The number of hydrogen-bond donors (Lipinski definition) is 0. The number of nitrogens with zero attached hydrogens (tertiary/aromatic N) is 4. The maximum absolute atomic E-state index is 12.7. The van der Waals surface area contributed by atoms with Crippen molar-refractivity contribution in [2.24, 2.45) is 0 Å². The van der Waals surface area contributed by atoms with Crippen LogP contribution in [0.4, 0.5) is 0 Å². The van der Waals surface area contributed by atoms with E-state index in [4.69, 9.17) is 0 Å². The Hall–Kier alpha value is -1.09. The molecule has 1 aliphatic heterocycles. The molecule has 1 aromatic heterocycles. The first-order valence-electron chi connectivity index (χ1n) is 10.2. The first kappa shape index (κ1) is 22.6. The van der Waals surface area contributed by atoms with Gasteiger partial charge in [0.25, 0.3) is 0 Å². The zero-order chi connectivity index (χ0) is 20.8. The Kier molecular flexibility index (Phi) is 8.41. The van der Waals surface area contributed by atoms with Crippen LogP contribution in [0.2, 0.25) is 0 Å². The van der Waals surface area contributed by atoms with Crippen molar-refractivity contribution in [2.75, 3.05) is 32.7 Å². The van der Waals surface area contributed by atoms with E-state index in [0.717, 1.165) is 47.2 Å². The molecule has 5 nitrogen and oxygen atoms in total. The molecular weight excluding hydrogens is 420 g/mol. The predicted octanol–water partition coefficient (Wildman–Crippen LogP) is 4.60. The molecule has 2 heterocycles. The largest absolute Gasteiger partial charge is 0.339 e. The summed E-state index contributed by atoms with van der Waals surface area (Å²) < 4.78 is 1.83. The Morgan fingerprint density at radius 2 is 1.72 bits per heavy atom. The van der Waals surface area contributed by atoms with Crippen LogP contribution in [0.3, 0.4) is 0 Å². The number of hydrogen-bond acceptors (Lipinski definition) is 7. The molecule has 0 saturated carbocycles. The standard InChI is InChI=1S/C21H30N4OS3/c1-5-24-10-12-25(13-11-24)19(26)16(4)28-21-23-22-20(29-21)27-14-17-6-8-18(9-7-17)15(2)3/h6-9,15-16H,5,10-14H2,1-4H3. The maximum atomic E-state index is 12.7. The smallest absolute Gasteiger partial charge is 0.235 e. The van der Waals surface area contributed by atoms with Crippen LogP contribution in [0.15, 0.2) is 32.9 Å². The second-order valence-corrected chi connectivity index (χ2v) is 11.3. The normalized spacial score (nSPS) is 16.4. The zero-order valence-corrected chi connectivity index (χ0v) is 20.1. The van der Waals surface area contributed by atoms with Crippen LogP contribution in [-0.2, 0) is 10.5 Å². The number of amides is 1. The number of rotatable bonds is 8. The first-order chi connectivity index (χ1) is 14.0. The molecule has 3 rings (SSSR count). The number of likely N-dealkylation sites (N-methyl/N-ethyl adjacent to an activating group) is 1. The molecule has 1 atom stereocenters. The average Bonchev–Trinajstić information content (AvgIpc) is 3.19. The minimum atomic E-state index is -0.127. The molecule has 8 heteroatoms. The number of aromatic nitrogens is 2. The molecule has 1 amide bonds. The Morgan fingerprint density at radius 3 is 2.34 bits per heavy atom. The fourth-order valence-electron chi connectivity index (χ4n) is 3.19. The van der Waals surface area contributed by atoms with Crippen molar-refractivity contribution in [1.29, 1.82) is 0 Å². The molecule has 0 aliphatic carbocycles. The molecule has 29 heavy (non-hydrogen) atoms. The lowest BCUT2D eigenvalue weighted by Gasteiger charge is -2.35. The van der Waals surface area contributed by atoms with E-state index < -0.39 is 0 Å². The average molecular weight is 451 g/mol. The van der Waals surface area contributed by atoms with E-state index >= 15 is 0 Å². The Morgan fingerprint density at radius 1 is 1.07 bits per heavy atom. The van der Waals surface area contributed by atoms with Crippen LogP contribution in [-0.4, -0.2) is 63.9 Å². The highest BCUT2D eigenvalue weighted by molar-refractivity contribution is 8.03. The molecule has 1 aliphatic rings. The second-order valence-electron chi connectivity index (χ2n) is 7.54. The summed E-state index contributed by atoms with van der Waals surface area (Å²) in [6, 6.07) is 8.79. The van der Waals surface area contributed by atoms with Crippen LogP contribution < -0.4 is 0 Å². The van der Waals surface area contributed by atoms with Gasteiger partial charge in [0.15, 0.2) is 8.68 Å². The molecule has 0 N–H and O–H groups in total. The van der Waals surface area contributed by atoms with Gasteiger partial charge in [0, 0.05) is 31.9 Å². The molecule has 0 radical (unpaired) electrons. The van der Waals surface area contributed by atoms with E-state index in [-0.39, 0.29) is 11.2 Å². The lowest BCUT2D eigenvalue weighted by Crippen LogP contribution is -2.50. The van der Waals surface area contributed by atoms with Crippen LogP contribution >= 0.6 is 34.9 Å². The molecule has 1 aromatic carbocycles. The summed E-state index contributed by atoms with van der Waals surface area (Å²) in [6.07, 6.45) is 0. The quantitative estimate of drug-likeness (QED) is 0.548. The first-order valence-corrected chi connectivity index (χ1v) is 12.9. The molecule has 1 saturated heterocycles. The van der Waals surface area contributed by atoms with E-state index in [1.54, 1.807) is 23.1 Å². The van der Waals surface area contributed by atoms with Crippen molar-refractivity contribution in [3.05, 3.63) is 35.4 Å². The van der Waals surface area contributed by atoms with Gasteiger partial charge in [0.2, 0.25) is 5.91 Å². The fraction of sp³-hybridized carbons (Fsp3) is 0.571. The molecule has 0 bridgehead atoms. The topological polar surface area (TPSA) is 49.3 Å². The van der Waals surface area contributed by atoms with E-state index in [2.05, 4.69) is 60.1 Å². The van der Waals surface area contributed by atoms with Gasteiger partial charge >= 0.3 is 0 Å². The number of carbonyl (C=O) groups excluding carboxylic acids is 1. The summed E-state index contributed by atoms with van der Waals surface area (Å²) in [5.74, 6) is 1.65. The maximum Gasteiger partial charge on any atom is 0.235 e. The summed E-state index contributed by atoms with van der Waals surface area (Å²) in [7, 11) is 0. The minimum Gasteiger partial charge on any atom is -0.339 e. The molecule has 1 fully saturated rings.